The van der Waals surface area contributed by atoms with Crippen molar-refractivity contribution in [2.75, 3.05) is 0 Å². The molecule has 10 heavy (non-hydrogen) atoms. The largest absolute Gasteiger partial charge is 1.00 e. The zero-order valence-corrected chi connectivity index (χ0v) is 6.57. The Bertz CT molecular complexity index is 182. The molecule has 0 aromatic heterocycles. The number of hydrogen-bond acceptors (Lipinski definition) is 3. The minimum absolute atomic E-state index is 0. The van der Waals surface area contributed by atoms with Gasteiger partial charge in [0, 0.05) is 0 Å². The smallest absolute Gasteiger partial charge is 0.443 e. The predicted molar refractivity (Wildman–Crippen MR) is 21.4 cm³/mol. The molecule has 0 unspecified atom stereocenters. The van der Waals surface area contributed by atoms with Crippen LogP contribution < -0.4 is 0 Å². The van der Waals surface area contributed by atoms with Crippen molar-refractivity contribution in [1.82, 2.24) is 0 Å². The van der Waals surface area contributed by atoms with Crippen LogP contribution in [0, 0.1) is 7.11 Å². The van der Waals surface area contributed by atoms with E-state index in [1.54, 1.807) is 0 Å². The molecule has 0 radical (unpaired) electrons. The average Bonchev–Trinajstić information content (AvgIpc) is 1.64. The molecule has 0 spiro atoms. The second-order valence-electron chi connectivity index (χ2n) is 1.02. The first-order chi connectivity index (χ1) is 3.81. The molecule has 0 N–H and O–H groups in total. The van der Waals surface area contributed by atoms with Crippen molar-refractivity contribution in [2.24, 2.45) is 0 Å². The number of rotatable bonds is 1. The molecule has 0 bridgehead atoms. The molecule has 0 saturated heterocycles. The third kappa shape index (κ3) is 3.02. The van der Waals surface area contributed by atoms with Crippen LogP contribution in [0.15, 0.2) is 0 Å². The Labute approximate surface area is 71.2 Å². The molecule has 8 heteroatoms. The molecule has 66 valence electrons. The fraction of sp³-hybridized carbons (Fsp3) is 0.500. The Morgan fingerprint density at radius 1 is 1.30 bits per heavy atom. The van der Waals surface area contributed by atoms with Gasteiger partial charge in [-0.1, -0.05) is 0 Å². The molecule has 0 amide bonds. The van der Waals surface area contributed by atoms with E-state index in [0.717, 1.165) is 0 Å². The Balaban J connectivity index is 0. The van der Waals surface area contributed by atoms with Gasteiger partial charge in [0.25, 0.3) is 0 Å². The quantitative estimate of drug-likeness (QED) is 0.304. The van der Waals surface area contributed by atoms with E-state index in [4.69, 9.17) is 0 Å². The summed E-state index contributed by atoms with van der Waals surface area (Å²) in [5.41, 5.74) is -5.37. The summed E-state index contributed by atoms with van der Waals surface area (Å²) >= 11 is 0. The molecule has 0 aliphatic carbocycles. The van der Waals surface area contributed by atoms with Gasteiger partial charge >= 0.3 is 38.0 Å². The Kier molecular flexibility index (Phi) is 4.86. The van der Waals surface area contributed by atoms with Crippen molar-refractivity contribution in [1.29, 1.82) is 0 Å². The van der Waals surface area contributed by atoms with Gasteiger partial charge in [0.1, 0.15) is 0 Å². The van der Waals surface area contributed by atoms with Crippen LogP contribution in [-0.2, 0) is 36.7 Å². The monoisotopic (exact) mass is 270 g/mol. The van der Waals surface area contributed by atoms with Gasteiger partial charge in [-0.15, -0.1) is 0 Å². The van der Waals surface area contributed by atoms with Crippen molar-refractivity contribution >= 4 is 10.1 Å². The van der Waals surface area contributed by atoms with Gasteiger partial charge in [0.15, 0.2) is 0 Å². The fourth-order valence-electron chi connectivity index (χ4n) is 0.0668. The summed E-state index contributed by atoms with van der Waals surface area (Å²) in [6.07, 6.45) is 0. The van der Waals surface area contributed by atoms with E-state index in [2.05, 4.69) is 11.3 Å². The molecule has 0 heterocycles. The first kappa shape index (κ1) is 13.1. The molecule has 0 aromatic carbocycles. The molecular weight excluding hydrogens is 269 g/mol. The number of hydrogen-bond donors (Lipinski definition) is 0. The van der Waals surface area contributed by atoms with Crippen LogP contribution in [0.4, 0.5) is 13.2 Å². The zero-order valence-electron chi connectivity index (χ0n) is 4.28. The Hall–Kier alpha value is 0.440. The number of alkyl halides is 3. The van der Waals surface area contributed by atoms with Gasteiger partial charge < -0.3 is 4.18 Å². The van der Waals surface area contributed by atoms with Gasteiger partial charge in [0.05, 0.1) is 0 Å². The van der Waals surface area contributed by atoms with Crippen LogP contribution in [0.2, 0.25) is 0 Å². The Morgan fingerprint density at radius 2 is 1.60 bits per heavy atom. The minimum atomic E-state index is -5.45. The van der Waals surface area contributed by atoms with Crippen LogP contribution in [0.5, 0.6) is 0 Å². The summed E-state index contributed by atoms with van der Waals surface area (Å²) in [7, 11) is -3.33. The van der Waals surface area contributed by atoms with Crippen LogP contribution in [0.3, 0.4) is 0 Å². The second-order valence-corrected chi connectivity index (χ2v) is 2.62. The van der Waals surface area contributed by atoms with E-state index in [1.165, 1.54) is 0 Å². The summed E-state index contributed by atoms with van der Waals surface area (Å²) < 4.78 is 55.4. The molecule has 0 aromatic rings. The van der Waals surface area contributed by atoms with Crippen molar-refractivity contribution < 1.29 is 48.2 Å². The van der Waals surface area contributed by atoms with Crippen molar-refractivity contribution in [2.45, 2.75) is 5.51 Å². The van der Waals surface area contributed by atoms with Gasteiger partial charge in [-0.05, 0) is 0 Å². The average molecular weight is 271 g/mol. The van der Waals surface area contributed by atoms with E-state index >= 15 is 0 Å². The zero-order chi connectivity index (χ0) is 7.71. The maximum Gasteiger partial charge on any atom is 1.00 e. The van der Waals surface area contributed by atoms with Crippen LogP contribution in [0.25, 0.3) is 0 Å². The topological polar surface area (TPSA) is 43.4 Å². The summed E-state index contributed by atoms with van der Waals surface area (Å²) in [6.45, 7) is 0. The summed E-state index contributed by atoms with van der Waals surface area (Å²) in [4.78, 5) is 0. The van der Waals surface area contributed by atoms with Crippen molar-refractivity contribution in [3.05, 3.63) is 7.11 Å². The standard InChI is InChI=1S/C2H2F3O3S.Ag/c1-8-9(6,7)2(3,4)5;/h1H2;/q-1;+1. The summed E-state index contributed by atoms with van der Waals surface area (Å²) in [6, 6.07) is 0. The van der Waals surface area contributed by atoms with E-state index < -0.39 is 15.6 Å². The van der Waals surface area contributed by atoms with Crippen LogP contribution in [-0.4, -0.2) is 13.9 Å². The molecule has 0 atom stereocenters. The van der Waals surface area contributed by atoms with Gasteiger partial charge in [-0.3, -0.25) is 0 Å². The van der Waals surface area contributed by atoms with Gasteiger partial charge in [0.2, 0.25) is 0 Å². The first-order valence-corrected chi connectivity index (χ1v) is 2.97. The molecular formula is C2H2AgF3O3S. The van der Waals surface area contributed by atoms with E-state index in [9.17, 15) is 21.6 Å². The third-order valence-corrected chi connectivity index (χ3v) is 1.32. The van der Waals surface area contributed by atoms with Gasteiger partial charge in [-0.25, -0.2) is 7.11 Å². The molecule has 0 saturated carbocycles. The second kappa shape index (κ2) is 3.72. The van der Waals surface area contributed by atoms with Crippen molar-refractivity contribution in [3.8, 4) is 0 Å². The number of halogens is 3. The minimum Gasteiger partial charge on any atom is -0.443 e. The molecule has 0 fully saturated rings. The third-order valence-electron chi connectivity index (χ3n) is 0.439. The fourth-order valence-corrected chi connectivity index (χ4v) is 0.200. The first-order valence-electron chi connectivity index (χ1n) is 1.56. The van der Waals surface area contributed by atoms with E-state index in [-0.39, 0.29) is 22.4 Å². The normalized spacial score (nSPS) is 12.4. The van der Waals surface area contributed by atoms with Crippen molar-refractivity contribution in [3.63, 3.8) is 0 Å². The summed E-state index contributed by atoms with van der Waals surface area (Å²) in [5.74, 6) is 0. The Morgan fingerprint density at radius 3 is 1.60 bits per heavy atom. The van der Waals surface area contributed by atoms with E-state index in [0.29, 0.717) is 0 Å². The van der Waals surface area contributed by atoms with Gasteiger partial charge in [-0.2, -0.15) is 21.6 Å². The van der Waals surface area contributed by atoms with Crippen LogP contribution in [0.1, 0.15) is 0 Å². The van der Waals surface area contributed by atoms with Crippen LogP contribution >= 0.6 is 0 Å². The summed E-state index contributed by atoms with van der Waals surface area (Å²) in [5, 5.41) is 0. The molecule has 0 rings (SSSR count). The molecule has 0 aliphatic heterocycles. The molecule has 0 aliphatic rings. The molecule has 3 nitrogen and oxygen atoms in total. The maximum absolute atomic E-state index is 11.1. The SMILES string of the molecule is [Ag+].[CH2-]OS(=O)(=O)C(F)(F)F. The van der Waals surface area contributed by atoms with E-state index in [1.807, 2.05) is 0 Å². The predicted octanol–water partition coefficient (Wildman–Crippen LogP) is 0.642. The maximum atomic E-state index is 11.1.